The van der Waals surface area contributed by atoms with E-state index in [9.17, 15) is 12.8 Å². The molecule has 0 amide bonds. The summed E-state index contributed by atoms with van der Waals surface area (Å²) < 4.78 is 40.2. The number of aryl methyl sites for hydroxylation is 1. The summed E-state index contributed by atoms with van der Waals surface area (Å²) in [6.45, 7) is 2.96. The Labute approximate surface area is 100 Å². The topological polar surface area (TPSA) is 58.2 Å². The van der Waals surface area contributed by atoms with Gasteiger partial charge in [0.05, 0.1) is 0 Å². The first-order valence-electron chi connectivity index (χ1n) is 5.49. The standard InChI is InChI=1S/C11H15FN2O2S/c1-8-3-2-4-10(12)11(8)17(15,16)14-9-5-6-13-7-9/h2-4,9,13-14H,5-7H2,1H3. The van der Waals surface area contributed by atoms with Crippen LogP contribution in [0.2, 0.25) is 0 Å². The summed E-state index contributed by atoms with van der Waals surface area (Å²) >= 11 is 0. The molecule has 0 bridgehead atoms. The summed E-state index contributed by atoms with van der Waals surface area (Å²) in [4.78, 5) is -0.244. The Kier molecular flexibility index (Phi) is 3.46. The van der Waals surface area contributed by atoms with Crippen LogP contribution in [0.25, 0.3) is 0 Å². The minimum atomic E-state index is -3.77. The predicted molar refractivity (Wildman–Crippen MR) is 62.7 cm³/mol. The summed E-state index contributed by atoms with van der Waals surface area (Å²) in [5.41, 5.74) is 0.420. The van der Waals surface area contributed by atoms with E-state index in [-0.39, 0.29) is 10.9 Å². The first-order chi connectivity index (χ1) is 8.00. The highest BCUT2D eigenvalue weighted by molar-refractivity contribution is 7.89. The van der Waals surface area contributed by atoms with Crippen molar-refractivity contribution in [2.24, 2.45) is 0 Å². The van der Waals surface area contributed by atoms with Gasteiger partial charge >= 0.3 is 0 Å². The summed E-state index contributed by atoms with van der Waals surface area (Å²) in [5.74, 6) is -0.705. The van der Waals surface area contributed by atoms with Crippen molar-refractivity contribution in [3.05, 3.63) is 29.6 Å². The number of nitrogens with one attached hydrogen (secondary N) is 2. The second kappa shape index (κ2) is 4.72. The number of benzene rings is 1. The Balaban J connectivity index is 2.31. The van der Waals surface area contributed by atoms with Crippen LogP contribution in [0.15, 0.2) is 23.1 Å². The van der Waals surface area contributed by atoms with Gasteiger partial charge in [-0.15, -0.1) is 0 Å². The van der Waals surface area contributed by atoms with Gasteiger partial charge in [0.15, 0.2) is 0 Å². The van der Waals surface area contributed by atoms with Crippen LogP contribution >= 0.6 is 0 Å². The van der Waals surface area contributed by atoms with Gasteiger partial charge in [0.25, 0.3) is 0 Å². The molecule has 1 atom stereocenters. The molecule has 1 aliphatic rings. The van der Waals surface area contributed by atoms with Crippen LogP contribution in [0.1, 0.15) is 12.0 Å². The molecule has 0 saturated carbocycles. The molecule has 0 aromatic heterocycles. The van der Waals surface area contributed by atoms with Crippen molar-refractivity contribution >= 4 is 10.0 Å². The fraction of sp³-hybridized carbons (Fsp3) is 0.455. The molecule has 1 saturated heterocycles. The van der Waals surface area contributed by atoms with Crippen molar-refractivity contribution in [3.63, 3.8) is 0 Å². The smallest absolute Gasteiger partial charge is 0.244 e. The van der Waals surface area contributed by atoms with Crippen LogP contribution in [0.5, 0.6) is 0 Å². The number of hydrogen-bond acceptors (Lipinski definition) is 3. The van der Waals surface area contributed by atoms with E-state index in [0.717, 1.165) is 19.0 Å². The molecule has 2 N–H and O–H groups in total. The van der Waals surface area contributed by atoms with Crippen LogP contribution in [-0.2, 0) is 10.0 Å². The van der Waals surface area contributed by atoms with E-state index in [1.807, 2.05) is 0 Å². The average molecular weight is 258 g/mol. The quantitative estimate of drug-likeness (QED) is 0.842. The molecule has 1 aromatic carbocycles. The summed E-state index contributed by atoms with van der Waals surface area (Å²) in [7, 11) is -3.77. The molecule has 17 heavy (non-hydrogen) atoms. The zero-order chi connectivity index (χ0) is 12.5. The van der Waals surface area contributed by atoms with Crippen molar-refractivity contribution in [1.29, 1.82) is 0 Å². The lowest BCUT2D eigenvalue weighted by atomic mass is 10.2. The van der Waals surface area contributed by atoms with Gasteiger partial charge in [0.1, 0.15) is 10.7 Å². The molecule has 0 aliphatic carbocycles. The van der Waals surface area contributed by atoms with Crippen molar-refractivity contribution in [3.8, 4) is 0 Å². The normalized spacial score (nSPS) is 20.7. The number of halogens is 1. The number of sulfonamides is 1. The van der Waals surface area contributed by atoms with Crippen molar-refractivity contribution in [2.45, 2.75) is 24.3 Å². The van der Waals surface area contributed by atoms with Crippen molar-refractivity contribution < 1.29 is 12.8 Å². The highest BCUT2D eigenvalue weighted by Crippen LogP contribution is 2.19. The fourth-order valence-electron chi connectivity index (χ4n) is 1.99. The summed E-state index contributed by atoms with van der Waals surface area (Å²) in [6.07, 6.45) is 0.729. The molecule has 0 radical (unpaired) electrons. The average Bonchev–Trinajstić information content (AvgIpc) is 2.68. The Morgan fingerprint density at radius 2 is 2.24 bits per heavy atom. The third kappa shape index (κ3) is 2.65. The molecule has 1 fully saturated rings. The summed E-state index contributed by atoms with van der Waals surface area (Å²) in [5, 5.41) is 3.05. The highest BCUT2D eigenvalue weighted by atomic mass is 32.2. The highest BCUT2D eigenvalue weighted by Gasteiger charge is 2.26. The molecule has 1 unspecified atom stereocenters. The number of rotatable bonds is 3. The van der Waals surface area contributed by atoms with E-state index in [4.69, 9.17) is 0 Å². The van der Waals surface area contributed by atoms with E-state index < -0.39 is 15.8 Å². The Morgan fingerprint density at radius 3 is 2.82 bits per heavy atom. The zero-order valence-corrected chi connectivity index (χ0v) is 10.3. The fourth-order valence-corrected chi connectivity index (χ4v) is 3.57. The van der Waals surface area contributed by atoms with Crippen LogP contribution in [0.3, 0.4) is 0 Å². The van der Waals surface area contributed by atoms with Gasteiger partial charge in [-0.2, -0.15) is 0 Å². The van der Waals surface area contributed by atoms with Gasteiger partial charge < -0.3 is 5.32 Å². The van der Waals surface area contributed by atoms with Gasteiger partial charge in [-0.1, -0.05) is 12.1 Å². The van der Waals surface area contributed by atoms with E-state index in [0.29, 0.717) is 12.1 Å². The SMILES string of the molecule is Cc1cccc(F)c1S(=O)(=O)NC1CCNC1. The van der Waals surface area contributed by atoms with Gasteiger partial charge in [-0.3, -0.25) is 0 Å². The molecule has 2 rings (SSSR count). The summed E-state index contributed by atoms with van der Waals surface area (Å²) in [6, 6.07) is 4.10. The molecule has 94 valence electrons. The van der Waals surface area contributed by atoms with E-state index in [2.05, 4.69) is 10.0 Å². The minimum absolute atomic E-state index is 0.154. The van der Waals surface area contributed by atoms with Crippen molar-refractivity contribution in [1.82, 2.24) is 10.0 Å². The number of hydrogen-bond donors (Lipinski definition) is 2. The molecule has 6 heteroatoms. The molecule has 0 spiro atoms. The van der Waals surface area contributed by atoms with Gasteiger partial charge in [-0.05, 0) is 31.5 Å². The lowest BCUT2D eigenvalue weighted by Gasteiger charge is -2.14. The molecule has 1 aromatic rings. The molecule has 4 nitrogen and oxygen atoms in total. The maximum absolute atomic E-state index is 13.6. The molecule has 1 heterocycles. The van der Waals surface area contributed by atoms with Crippen LogP contribution in [0.4, 0.5) is 4.39 Å². The second-order valence-electron chi connectivity index (χ2n) is 4.20. The lowest BCUT2D eigenvalue weighted by molar-refractivity contribution is 0.541. The third-order valence-corrected chi connectivity index (χ3v) is 4.51. The Morgan fingerprint density at radius 1 is 1.47 bits per heavy atom. The zero-order valence-electron chi connectivity index (χ0n) is 9.53. The van der Waals surface area contributed by atoms with Gasteiger partial charge in [0, 0.05) is 12.6 Å². The largest absolute Gasteiger partial charge is 0.315 e. The molecular formula is C11H15FN2O2S. The maximum Gasteiger partial charge on any atom is 0.244 e. The van der Waals surface area contributed by atoms with E-state index in [1.54, 1.807) is 13.0 Å². The van der Waals surface area contributed by atoms with Crippen LogP contribution in [0, 0.1) is 12.7 Å². The maximum atomic E-state index is 13.6. The van der Waals surface area contributed by atoms with Crippen LogP contribution < -0.4 is 10.0 Å². The Bertz CT molecular complexity index is 490. The van der Waals surface area contributed by atoms with Gasteiger partial charge in [0.2, 0.25) is 10.0 Å². The first-order valence-corrected chi connectivity index (χ1v) is 6.97. The predicted octanol–water partition coefficient (Wildman–Crippen LogP) is 0.774. The molecular weight excluding hydrogens is 243 g/mol. The molecule has 1 aliphatic heterocycles. The first kappa shape index (κ1) is 12.5. The minimum Gasteiger partial charge on any atom is -0.315 e. The van der Waals surface area contributed by atoms with E-state index in [1.165, 1.54) is 6.07 Å². The monoisotopic (exact) mass is 258 g/mol. The van der Waals surface area contributed by atoms with Crippen molar-refractivity contribution in [2.75, 3.05) is 13.1 Å². The van der Waals surface area contributed by atoms with Gasteiger partial charge in [-0.25, -0.2) is 17.5 Å². The third-order valence-electron chi connectivity index (χ3n) is 2.81. The Hall–Kier alpha value is -0.980. The second-order valence-corrected chi connectivity index (χ2v) is 5.85. The van der Waals surface area contributed by atoms with E-state index >= 15 is 0 Å². The lowest BCUT2D eigenvalue weighted by Crippen LogP contribution is -2.36. The van der Waals surface area contributed by atoms with Crippen LogP contribution in [-0.4, -0.2) is 27.5 Å².